The highest BCUT2D eigenvalue weighted by molar-refractivity contribution is 6.32. The zero-order valence-electron chi connectivity index (χ0n) is 12.0. The summed E-state index contributed by atoms with van der Waals surface area (Å²) in [5.41, 5.74) is 1.86. The number of fused-ring (bicyclic) bond motifs is 2. The van der Waals surface area contributed by atoms with E-state index in [1.165, 1.54) is 4.57 Å². The van der Waals surface area contributed by atoms with Crippen LogP contribution < -0.4 is 10.3 Å². The number of rotatable bonds is 4. The summed E-state index contributed by atoms with van der Waals surface area (Å²) in [5.74, 6) is 0.444. The van der Waals surface area contributed by atoms with Crippen LogP contribution in [0.5, 0.6) is 11.6 Å². The first kappa shape index (κ1) is 14.7. The van der Waals surface area contributed by atoms with Crippen molar-refractivity contribution in [2.45, 2.75) is 19.3 Å². The van der Waals surface area contributed by atoms with Crippen LogP contribution in [0.4, 0.5) is 0 Å². The third-order valence-electron chi connectivity index (χ3n) is 3.75. The van der Waals surface area contributed by atoms with Crippen LogP contribution in [0.3, 0.4) is 0 Å². The first-order chi connectivity index (χ1) is 10.6. The van der Waals surface area contributed by atoms with Crippen molar-refractivity contribution >= 4 is 11.6 Å². The maximum Gasteiger partial charge on any atom is 0.261 e. The van der Waals surface area contributed by atoms with Gasteiger partial charge in [0.15, 0.2) is 0 Å². The molecule has 1 heterocycles. The van der Waals surface area contributed by atoms with Crippen LogP contribution in [-0.4, -0.2) is 16.3 Å². The van der Waals surface area contributed by atoms with E-state index < -0.39 is 0 Å². The minimum absolute atomic E-state index is 0.00885. The quantitative estimate of drug-likeness (QED) is 0.881. The van der Waals surface area contributed by atoms with Crippen LogP contribution >= 0.6 is 11.6 Å². The van der Waals surface area contributed by atoms with Gasteiger partial charge in [-0.1, -0.05) is 24.3 Å². The summed E-state index contributed by atoms with van der Waals surface area (Å²) in [7, 11) is 0. The van der Waals surface area contributed by atoms with E-state index in [0.717, 1.165) is 30.4 Å². The van der Waals surface area contributed by atoms with Gasteiger partial charge in [0.2, 0.25) is 5.88 Å². The molecule has 1 aliphatic rings. The molecule has 1 aliphatic carbocycles. The second-order valence-corrected chi connectivity index (χ2v) is 5.63. The first-order valence-electron chi connectivity index (χ1n) is 7.12. The van der Waals surface area contributed by atoms with Gasteiger partial charge in [0.25, 0.3) is 5.56 Å². The molecule has 1 aromatic carbocycles. The Morgan fingerprint density at radius 2 is 2.09 bits per heavy atom. The SMILES string of the molecule is C=CCOc1cc(-n2c(O)c3cc(c2=O)CCC3)ccc1Cl. The molecule has 4 nitrogen and oxygen atoms in total. The number of halogens is 1. The lowest BCUT2D eigenvalue weighted by Crippen LogP contribution is -2.25. The van der Waals surface area contributed by atoms with Crippen molar-refractivity contribution in [1.82, 2.24) is 4.57 Å². The van der Waals surface area contributed by atoms with Crippen LogP contribution in [0, 0.1) is 0 Å². The molecule has 0 saturated carbocycles. The number of aromatic nitrogens is 1. The number of nitrogens with zero attached hydrogens (tertiary/aromatic N) is 1. The number of benzene rings is 1. The highest BCUT2D eigenvalue weighted by atomic mass is 35.5. The lowest BCUT2D eigenvalue weighted by molar-refractivity contribution is 0.363. The first-order valence-corrected chi connectivity index (χ1v) is 7.50. The highest BCUT2D eigenvalue weighted by Crippen LogP contribution is 2.30. The summed E-state index contributed by atoms with van der Waals surface area (Å²) >= 11 is 6.09. The maximum atomic E-state index is 12.5. The molecular formula is C17H16ClNO3. The third-order valence-corrected chi connectivity index (χ3v) is 4.06. The third kappa shape index (κ3) is 2.50. The second kappa shape index (κ2) is 5.89. The fourth-order valence-corrected chi connectivity index (χ4v) is 2.85. The number of hydrogen-bond acceptors (Lipinski definition) is 3. The van der Waals surface area contributed by atoms with Gasteiger partial charge in [-0.3, -0.25) is 4.79 Å². The summed E-state index contributed by atoms with van der Waals surface area (Å²) in [5, 5.41) is 10.8. The van der Waals surface area contributed by atoms with E-state index in [1.807, 2.05) is 0 Å². The largest absolute Gasteiger partial charge is 0.494 e. The fourth-order valence-electron chi connectivity index (χ4n) is 2.68. The van der Waals surface area contributed by atoms with Crippen molar-refractivity contribution in [2.75, 3.05) is 6.61 Å². The standard InChI is InChI=1S/C17H16ClNO3/c1-2-8-22-15-10-13(6-7-14(15)18)19-16(20)11-4-3-5-12(9-11)17(19)21/h2,6-7,9-10,20H,1,3-5,8H2. The van der Waals surface area contributed by atoms with Crippen molar-refractivity contribution in [1.29, 1.82) is 0 Å². The van der Waals surface area contributed by atoms with Crippen LogP contribution in [0.15, 0.2) is 41.7 Å². The predicted octanol–water partition coefficient (Wildman–Crippen LogP) is 3.25. The number of ether oxygens (including phenoxy) is 1. The number of pyridine rings is 1. The molecule has 2 bridgehead atoms. The van der Waals surface area contributed by atoms with Gasteiger partial charge in [-0.05, 0) is 37.5 Å². The van der Waals surface area contributed by atoms with Crippen LogP contribution in [0.25, 0.3) is 5.69 Å². The highest BCUT2D eigenvalue weighted by Gasteiger charge is 2.19. The molecule has 0 atom stereocenters. The smallest absolute Gasteiger partial charge is 0.261 e. The molecule has 3 rings (SSSR count). The monoisotopic (exact) mass is 317 g/mol. The lowest BCUT2D eigenvalue weighted by Gasteiger charge is -2.19. The Kier molecular flexibility index (Phi) is 3.94. The van der Waals surface area contributed by atoms with Crippen LogP contribution in [-0.2, 0) is 12.8 Å². The minimum Gasteiger partial charge on any atom is -0.494 e. The van der Waals surface area contributed by atoms with Gasteiger partial charge in [0.1, 0.15) is 12.4 Å². The molecule has 0 unspecified atom stereocenters. The average Bonchev–Trinajstić information content (AvgIpc) is 2.54. The molecule has 22 heavy (non-hydrogen) atoms. The average molecular weight is 318 g/mol. The number of aryl methyl sites for hydroxylation is 2. The van der Waals surface area contributed by atoms with Gasteiger partial charge >= 0.3 is 0 Å². The molecule has 1 aromatic heterocycles. The number of hydrogen-bond donors (Lipinski definition) is 1. The van der Waals surface area contributed by atoms with Crippen molar-refractivity contribution in [2.24, 2.45) is 0 Å². The van der Waals surface area contributed by atoms with Gasteiger partial charge < -0.3 is 9.84 Å². The van der Waals surface area contributed by atoms with E-state index in [2.05, 4.69) is 6.58 Å². The van der Waals surface area contributed by atoms with E-state index in [1.54, 1.807) is 30.3 Å². The van der Waals surface area contributed by atoms with Crippen molar-refractivity contribution in [3.05, 3.63) is 63.4 Å². The van der Waals surface area contributed by atoms with Gasteiger partial charge in [-0.25, -0.2) is 4.57 Å². The van der Waals surface area contributed by atoms with Gasteiger partial charge in [-0.15, -0.1) is 0 Å². The van der Waals surface area contributed by atoms with E-state index >= 15 is 0 Å². The van der Waals surface area contributed by atoms with E-state index in [9.17, 15) is 9.90 Å². The van der Waals surface area contributed by atoms with Crippen molar-refractivity contribution < 1.29 is 9.84 Å². The molecule has 0 radical (unpaired) electrons. The fraction of sp³-hybridized carbons (Fsp3) is 0.235. The number of aromatic hydroxyl groups is 1. The molecule has 0 saturated heterocycles. The van der Waals surface area contributed by atoms with Gasteiger partial charge in [0.05, 0.1) is 10.7 Å². The Bertz CT molecular complexity index is 795. The van der Waals surface area contributed by atoms with Crippen LogP contribution in [0.2, 0.25) is 5.02 Å². The zero-order valence-corrected chi connectivity index (χ0v) is 12.8. The molecule has 114 valence electrons. The molecule has 0 aliphatic heterocycles. The second-order valence-electron chi connectivity index (χ2n) is 5.23. The molecular weight excluding hydrogens is 302 g/mol. The maximum absolute atomic E-state index is 12.5. The summed E-state index contributed by atoms with van der Waals surface area (Å²) in [4.78, 5) is 12.5. The molecule has 0 spiro atoms. The minimum atomic E-state index is -0.196. The van der Waals surface area contributed by atoms with Crippen molar-refractivity contribution in [3.63, 3.8) is 0 Å². The Morgan fingerprint density at radius 1 is 1.32 bits per heavy atom. The zero-order chi connectivity index (χ0) is 15.7. The Balaban J connectivity index is 2.14. The molecule has 1 N–H and O–H groups in total. The Labute approximate surface area is 133 Å². The Morgan fingerprint density at radius 3 is 2.86 bits per heavy atom. The van der Waals surface area contributed by atoms with Crippen LogP contribution in [0.1, 0.15) is 17.5 Å². The summed E-state index contributed by atoms with van der Waals surface area (Å²) < 4.78 is 6.80. The lowest BCUT2D eigenvalue weighted by atomic mass is 9.97. The normalized spacial score (nSPS) is 13.0. The van der Waals surface area contributed by atoms with Gasteiger partial charge in [-0.2, -0.15) is 0 Å². The van der Waals surface area contributed by atoms with Crippen molar-refractivity contribution in [3.8, 4) is 17.3 Å². The topological polar surface area (TPSA) is 51.5 Å². The van der Waals surface area contributed by atoms with E-state index in [-0.39, 0.29) is 11.4 Å². The molecule has 5 heteroatoms. The molecule has 0 fully saturated rings. The molecule has 0 amide bonds. The van der Waals surface area contributed by atoms with Gasteiger partial charge in [0, 0.05) is 17.2 Å². The molecule has 2 aromatic rings. The summed E-state index contributed by atoms with van der Waals surface area (Å²) in [6, 6.07) is 6.80. The van der Waals surface area contributed by atoms with E-state index in [4.69, 9.17) is 16.3 Å². The Hall–Kier alpha value is -2.20. The van der Waals surface area contributed by atoms with E-state index in [0.29, 0.717) is 23.1 Å². The summed E-state index contributed by atoms with van der Waals surface area (Å²) in [6.07, 6.45) is 4.01. The summed E-state index contributed by atoms with van der Waals surface area (Å²) in [6.45, 7) is 3.91. The predicted molar refractivity (Wildman–Crippen MR) is 86.4 cm³/mol.